The number of thioether (sulfide) groups is 1. The molecule has 0 fully saturated rings. The first-order chi connectivity index (χ1) is 7.11. The summed E-state index contributed by atoms with van der Waals surface area (Å²) in [5.41, 5.74) is 4.54. The molecule has 0 aliphatic heterocycles. The molecule has 0 saturated carbocycles. The molecule has 0 nitrogen and oxygen atoms in total. The van der Waals surface area contributed by atoms with Gasteiger partial charge in [0.1, 0.15) is 0 Å². The summed E-state index contributed by atoms with van der Waals surface area (Å²) in [4.78, 5) is 3.04. The van der Waals surface area contributed by atoms with E-state index in [9.17, 15) is 0 Å². The van der Waals surface area contributed by atoms with E-state index >= 15 is 0 Å². The Labute approximate surface area is 96.8 Å². The van der Waals surface area contributed by atoms with Gasteiger partial charge in [-0.3, -0.25) is 0 Å². The Kier molecular flexibility index (Phi) is 2.92. The van der Waals surface area contributed by atoms with E-state index in [1.54, 1.807) is 10.5 Å². The highest BCUT2D eigenvalue weighted by Crippen LogP contribution is 2.46. The predicted molar refractivity (Wildman–Crippen MR) is 69.7 cm³/mol. The first-order valence-corrected chi connectivity index (χ1v) is 6.35. The van der Waals surface area contributed by atoms with Crippen LogP contribution in [0.15, 0.2) is 44.8 Å². The summed E-state index contributed by atoms with van der Waals surface area (Å²) >= 11 is 1.98. The SMILES string of the molecule is CC1=C(C)C(C)C(SC2=CC=CC2)=C1C. The highest BCUT2D eigenvalue weighted by Gasteiger charge is 2.24. The van der Waals surface area contributed by atoms with Crippen molar-refractivity contribution in [3.05, 3.63) is 44.8 Å². The van der Waals surface area contributed by atoms with Crippen molar-refractivity contribution in [1.29, 1.82) is 0 Å². The summed E-state index contributed by atoms with van der Waals surface area (Å²) < 4.78 is 0. The van der Waals surface area contributed by atoms with Gasteiger partial charge in [-0.25, -0.2) is 0 Å². The Hall–Kier alpha value is -0.690. The lowest BCUT2D eigenvalue weighted by molar-refractivity contribution is 0.861. The van der Waals surface area contributed by atoms with Crippen molar-refractivity contribution in [1.82, 2.24) is 0 Å². The topological polar surface area (TPSA) is 0 Å². The maximum absolute atomic E-state index is 2.32. The van der Waals surface area contributed by atoms with Crippen LogP contribution in [0, 0.1) is 5.92 Å². The molecule has 0 bridgehead atoms. The highest BCUT2D eigenvalue weighted by molar-refractivity contribution is 8.06. The van der Waals surface area contributed by atoms with Crippen molar-refractivity contribution in [2.45, 2.75) is 34.1 Å². The third-order valence-electron chi connectivity index (χ3n) is 3.54. The monoisotopic (exact) mass is 218 g/mol. The zero-order valence-corrected chi connectivity index (χ0v) is 10.7. The molecular weight excluding hydrogens is 200 g/mol. The summed E-state index contributed by atoms with van der Waals surface area (Å²) in [7, 11) is 0. The number of hydrogen-bond donors (Lipinski definition) is 0. The average molecular weight is 218 g/mol. The molecule has 0 heterocycles. The van der Waals surface area contributed by atoms with Gasteiger partial charge in [0.05, 0.1) is 0 Å². The van der Waals surface area contributed by atoms with E-state index in [2.05, 4.69) is 45.9 Å². The molecular formula is C14H18S. The van der Waals surface area contributed by atoms with Crippen LogP contribution in [0.1, 0.15) is 34.1 Å². The predicted octanol–water partition coefficient (Wildman–Crippen LogP) is 4.82. The lowest BCUT2D eigenvalue weighted by atomic mass is 10.1. The Morgan fingerprint density at radius 3 is 2.40 bits per heavy atom. The van der Waals surface area contributed by atoms with Gasteiger partial charge in [-0.15, -0.1) is 0 Å². The number of allylic oxidation sites excluding steroid dienone is 8. The lowest BCUT2D eigenvalue weighted by Crippen LogP contribution is -1.94. The zero-order chi connectivity index (χ0) is 11.0. The van der Waals surface area contributed by atoms with Gasteiger partial charge in [-0.05, 0) is 48.1 Å². The Balaban J connectivity index is 2.18. The maximum atomic E-state index is 2.32. The van der Waals surface area contributed by atoms with E-state index in [1.165, 1.54) is 16.1 Å². The molecule has 2 aliphatic rings. The van der Waals surface area contributed by atoms with Crippen LogP contribution in [-0.4, -0.2) is 0 Å². The van der Waals surface area contributed by atoms with Crippen LogP contribution < -0.4 is 0 Å². The Morgan fingerprint density at radius 1 is 1.20 bits per heavy atom. The molecule has 15 heavy (non-hydrogen) atoms. The molecule has 1 atom stereocenters. The highest BCUT2D eigenvalue weighted by atomic mass is 32.2. The van der Waals surface area contributed by atoms with E-state index in [4.69, 9.17) is 0 Å². The molecule has 0 spiro atoms. The molecule has 0 saturated heterocycles. The van der Waals surface area contributed by atoms with Gasteiger partial charge in [0.2, 0.25) is 0 Å². The normalized spacial score (nSPS) is 25.6. The second-order valence-corrected chi connectivity index (χ2v) is 5.55. The van der Waals surface area contributed by atoms with Gasteiger partial charge in [-0.1, -0.05) is 42.5 Å². The second kappa shape index (κ2) is 4.05. The molecule has 80 valence electrons. The molecule has 0 aromatic rings. The number of hydrogen-bond acceptors (Lipinski definition) is 1. The summed E-state index contributed by atoms with van der Waals surface area (Å²) in [6.45, 7) is 9.09. The minimum Gasteiger partial charge on any atom is -0.0978 e. The van der Waals surface area contributed by atoms with E-state index in [1.807, 2.05) is 11.8 Å². The molecule has 0 radical (unpaired) electrons. The fourth-order valence-corrected chi connectivity index (χ4v) is 3.40. The van der Waals surface area contributed by atoms with E-state index in [0.717, 1.165) is 6.42 Å². The minimum absolute atomic E-state index is 0.622. The van der Waals surface area contributed by atoms with Crippen LogP contribution in [0.2, 0.25) is 0 Å². The van der Waals surface area contributed by atoms with Gasteiger partial charge in [0, 0.05) is 5.92 Å². The summed E-state index contributed by atoms with van der Waals surface area (Å²) in [5.74, 6) is 0.622. The fourth-order valence-electron chi connectivity index (χ4n) is 2.14. The van der Waals surface area contributed by atoms with Crippen LogP contribution in [0.5, 0.6) is 0 Å². The quantitative estimate of drug-likeness (QED) is 0.640. The minimum atomic E-state index is 0.622. The smallest absolute Gasteiger partial charge is 0.00890 e. The average Bonchev–Trinajstić information content (AvgIpc) is 2.79. The van der Waals surface area contributed by atoms with Crippen molar-refractivity contribution in [3.8, 4) is 0 Å². The maximum Gasteiger partial charge on any atom is 0.00890 e. The molecule has 0 aromatic heterocycles. The van der Waals surface area contributed by atoms with Crippen LogP contribution in [-0.2, 0) is 0 Å². The standard InChI is InChI=1S/C14H18S/c1-9-10(2)12(4)14(11(9)3)15-13-7-5-6-8-13/h5-7,11H,8H2,1-4H3. The van der Waals surface area contributed by atoms with Gasteiger partial charge in [-0.2, -0.15) is 0 Å². The second-order valence-electron chi connectivity index (χ2n) is 4.39. The van der Waals surface area contributed by atoms with Gasteiger partial charge in [0.15, 0.2) is 0 Å². The summed E-state index contributed by atoms with van der Waals surface area (Å²) in [6.07, 6.45) is 7.74. The van der Waals surface area contributed by atoms with E-state index in [0.29, 0.717) is 5.92 Å². The molecule has 0 amide bonds. The van der Waals surface area contributed by atoms with Crippen LogP contribution >= 0.6 is 11.8 Å². The molecule has 0 N–H and O–H groups in total. The van der Waals surface area contributed by atoms with Crippen molar-refractivity contribution in [3.63, 3.8) is 0 Å². The summed E-state index contributed by atoms with van der Waals surface area (Å²) in [6, 6.07) is 0. The molecule has 2 aliphatic carbocycles. The molecule has 0 aromatic carbocycles. The Morgan fingerprint density at radius 2 is 1.93 bits per heavy atom. The van der Waals surface area contributed by atoms with Crippen molar-refractivity contribution >= 4 is 11.8 Å². The van der Waals surface area contributed by atoms with E-state index in [-0.39, 0.29) is 0 Å². The first-order valence-electron chi connectivity index (χ1n) is 5.53. The van der Waals surface area contributed by atoms with Gasteiger partial charge in [0.25, 0.3) is 0 Å². The molecule has 1 unspecified atom stereocenters. The van der Waals surface area contributed by atoms with Crippen LogP contribution in [0.4, 0.5) is 0 Å². The van der Waals surface area contributed by atoms with E-state index < -0.39 is 0 Å². The van der Waals surface area contributed by atoms with Crippen molar-refractivity contribution in [2.75, 3.05) is 0 Å². The number of rotatable bonds is 2. The zero-order valence-electron chi connectivity index (χ0n) is 9.92. The largest absolute Gasteiger partial charge is 0.0978 e. The first kappa shape index (κ1) is 10.8. The third-order valence-corrected chi connectivity index (χ3v) is 4.99. The van der Waals surface area contributed by atoms with Crippen molar-refractivity contribution < 1.29 is 0 Å². The van der Waals surface area contributed by atoms with Crippen LogP contribution in [0.3, 0.4) is 0 Å². The van der Waals surface area contributed by atoms with Crippen LogP contribution in [0.25, 0.3) is 0 Å². The third kappa shape index (κ3) is 1.85. The molecule has 1 heteroatoms. The van der Waals surface area contributed by atoms with Crippen molar-refractivity contribution in [2.24, 2.45) is 5.92 Å². The molecule has 2 rings (SSSR count). The van der Waals surface area contributed by atoms with Gasteiger partial charge < -0.3 is 0 Å². The van der Waals surface area contributed by atoms with Gasteiger partial charge >= 0.3 is 0 Å². The lowest BCUT2D eigenvalue weighted by Gasteiger charge is -2.12. The Bertz CT molecular complexity index is 405. The summed E-state index contributed by atoms with van der Waals surface area (Å²) in [5, 5.41) is 0. The fraction of sp³-hybridized carbons (Fsp3) is 0.429.